The first kappa shape index (κ1) is 17.6. The molecule has 1 unspecified atom stereocenters. The van der Waals surface area contributed by atoms with E-state index in [0.29, 0.717) is 12.1 Å². The van der Waals surface area contributed by atoms with Crippen LogP contribution < -0.4 is 5.32 Å². The van der Waals surface area contributed by atoms with Gasteiger partial charge in [0.2, 0.25) is 0 Å². The number of hydrogen-bond acceptors (Lipinski definition) is 3. The minimum atomic E-state index is -0.271. The fourth-order valence-corrected chi connectivity index (χ4v) is 4.15. The van der Waals surface area contributed by atoms with Crippen molar-refractivity contribution in [2.75, 3.05) is 6.54 Å². The van der Waals surface area contributed by atoms with Crippen LogP contribution in [0.25, 0.3) is 11.0 Å². The van der Waals surface area contributed by atoms with E-state index in [2.05, 4.69) is 36.1 Å². The molecule has 4 rings (SSSR count). The molecule has 1 aromatic heterocycles. The van der Waals surface area contributed by atoms with Crippen molar-refractivity contribution in [3.05, 3.63) is 59.4 Å². The van der Waals surface area contributed by atoms with Crippen LogP contribution in [0.4, 0.5) is 0 Å². The standard InChI is InChI=1S/C22H25N3O2/c1-21(2)9-8-14-4-6-16(26)11-17(14)22(21,3)12-23-20(27)15-5-7-18-19(10-15)25-13-24-18/h4-7,10-11,13,26H,8-9,12H2,1-3H3,(H,23,27)(H,24,25). The molecule has 0 radical (unpaired) electrons. The van der Waals surface area contributed by atoms with Crippen LogP contribution in [0.2, 0.25) is 0 Å². The van der Waals surface area contributed by atoms with Gasteiger partial charge in [0.15, 0.2) is 0 Å². The number of rotatable bonds is 3. The molecule has 3 N–H and O–H groups in total. The van der Waals surface area contributed by atoms with Crippen molar-refractivity contribution >= 4 is 16.9 Å². The maximum absolute atomic E-state index is 12.8. The van der Waals surface area contributed by atoms with Crippen LogP contribution in [0.3, 0.4) is 0 Å². The molecular formula is C22H25N3O2. The molecule has 0 aliphatic heterocycles. The smallest absolute Gasteiger partial charge is 0.251 e. The summed E-state index contributed by atoms with van der Waals surface area (Å²) in [5, 5.41) is 13.2. The van der Waals surface area contributed by atoms with E-state index in [1.54, 1.807) is 18.5 Å². The zero-order chi connectivity index (χ0) is 19.2. The number of aromatic nitrogens is 2. The number of benzene rings is 2. The van der Waals surface area contributed by atoms with Crippen molar-refractivity contribution < 1.29 is 9.90 Å². The summed E-state index contributed by atoms with van der Waals surface area (Å²) in [7, 11) is 0. The number of carbonyl (C=O) groups is 1. The Morgan fingerprint density at radius 1 is 1.22 bits per heavy atom. The summed E-state index contributed by atoms with van der Waals surface area (Å²) in [6, 6.07) is 11.1. The Bertz CT molecular complexity index is 1020. The zero-order valence-electron chi connectivity index (χ0n) is 16.0. The highest BCUT2D eigenvalue weighted by Gasteiger charge is 2.46. The van der Waals surface area contributed by atoms with E-state index in [4.69, 9.17) is 0 Å². The molecule has 1 amide bonds. The van der Waals surface area contributed by atoms with Crippen molar-refractivity contribution in [2.45, 2.75) is 39.0 Å². The zero-order valence-corrected chi connectivity index (χ0v) is 16.0. The summed E-state index contributed by atoms with van der Waals surface area (Å²) in [5.41, 5.74) is 4.41. The largest absolute Gasteiger partial charge is 0.508 e. The van der Waals surface area contributed by atoms with Gasteiger partial charge < -0.3 is 15.4 Å². The number of phenols is 1. The lowest BCUT2D eigenvalue weighted by Gasteiger charge is -2.49. The molecule has 1 heterocycles. The number of nitrogens with one attached hydrogen (secondary N) is 2. The lowest BCUT2D eigenvalue weighted by Crippen LogP contribution is -2.51. The Morgan fingerprint density at radius 2 is 2.04 bits per heavy atom. The molecule has 0 bridgehead atoms. The first-order valence-corrected chi connectivity index (χ1v) is 9.34. The van der Waals surface area contributed by atoms with E-state index in [1.807, 2.05) is 24.3 Å². The number of fused-ring (bicyclic) bond motifs is 2. The second-order valence-corrected chi connectivity index (χ2v) is 8.37. The first-order chi connectivity index (χ1) is 12.8. The van der Waals surface area contributed by atoms with Crippen LogP contribution in [0, 0.1) is 5.41 Å². The number of hydrogen-bond donors (Lipinski definition) is 3. The normalized spacial score (nSPS) is 21.0. The van der Waals surface area contributed by atoms with Gasteiger partial charge in [-0.2, -0.15) is 0 Å². The molecule has 1 aliphatic carbocycles. The lowest BCUT2D eigenvalue weighted by molar-refractivity contribution is 0.0898. The average molecular weight is 363 g/mol. The number of amides is 1. The molecule has 2 aromatic carbocycles. The topological polar surface area (TPSA) is 78.0 Å². The van der Waals surface area contributed by atoms with Gasteiger partial charge in [-0.15, -0.1) is 0 Å². The minimum absolute atomic E-state index is 0.00555. The first-order valence-electron chi connectivity index (χ1n) is 9.34. The maximum atomic E-state index is 12.8. The molecule has 0 saturated carbocycles. The molecule has 1 aliphatic rings. The summed E-state index contributed by atoms with van der Waals surface area (Å²) in [6.45, 7) is 7.17. The third-order valence-electron chi connectivity index (χ3n) is 6.49. The Morgan fingerprint density at radius 3 is 2.85 bits per heavy atom. The summed E-state index contributed by atoms with van der Waals surface area (Å²) in [6.07, 6.45) is 3.65. The molecule has 140 valence electrons. The molecular weight excluding hydrogens is 338 g/mol. The third-order valence-corrected chi connectivity index (χ3v) is 6.49. The SMILES string of the molecule is CC1(C)CCc2ccc(O)cc2C1(C)CNC(=O)c1ccc2nc[nH]c2c1. The number of imidazole rings is 1. The quantitative estimate of drug-likeness (QED) is 0.660. The second-order valence-electron chi connectivity index (χ2n) is 8.37. The molecule has 3 aromatic rings. The number of phenolic OH excluding ortho intramolecular Hbond substituents is 1. The fraction of sp³-hybridized carbons (Fsp3) is 0.364. The molecule has 5 heteroatoms. The van der Waals surface area contributed by atoms with Crippen LogP contribution in [-0.2, 0) is 11.8 Å². The molecule has 0 saturated heterocycles. The summed E-state index contributed by atoms with van der Waals surface area (Å²) in [4.78, 5) is 20.0. The van der Waals surface area contributed by atoms with Crippen LogP contribution >= 0.6 is 0 Å². The number of aryl methyl sites for hydroxylation is 1. The minimum Gasteiger partial charge on any atom is -0.508 e. The number of H-pyrrole nitrogens is 1. The number of nitrogens with zero attached hydrogens (tertiary/aromatic N) is 1. The van der Waals surface area contributed by atoms with Crippen molar-refractivity contribution in [1.29, 1.82) is 0 Å². The van der Waals surface area contributed by atoms with Gasteiger partial charge in [-0.05, 0) is 59.7 Å². The Kier molecular flexibility index (Phi) is 3.98. The van der Waals surface area contributed by atoms with Crippen molar-refractivity contribution in [3.8, 4) is 5.75 Å². The molecule has 5 nitrogen and oxygen atoms in total. The van der Waals surface area contributed by atoms with Gasteiger partial charge in [0.25, 0.3) is 5.91 Å². The highest BCUT2D eigenvalue weighted by molar-refractivity contribution is 5.97. The van der Waals surface area contributed by atoms with E-state index in [0.717, 1.165) is 29.4 Å². The van der Waals surface area contributed by atoms with E-state index in [9.17, 15) is 9.90 Å². The van der Waals surface area contributed by atoms with Gasteiger partial charge in [0.05, 0.1) is 17.4 Å². The number of aromatic hydroxyl groups is 1. The van der Waals surface area contributed by atoms with E-state index in [1.165, 1.54) is 5.56 Å². The van der Waals surface area contributed by atoms with Crippen LogP contribution in [0.15, 0.2) is 42.7 Å². The summed E-state index contributed by atoms with van der Waals surface area (Å²) < 4.78 is 0. The van der Waals surface area contributed by atoms with Gasteiger partial charge in [-0.1, -0.05) is 26.8 Å². The Labute approximate surface area is 158 Å². The van der Waals surface area contributed by atoms with Gasteiger partial charge in [-0.25, -0.2) is 4.98 Å². The lowest BCUT2D eigenvalue weighted by atomic mass is 9.56. The molecule has 0 spiro atoms. The van der Waals surface area contributed by atoms with Gasteiger partial charge in [0, 0.05) is 17.5 Å². The second kappa shape index (κ2) is 6.12. The van der Waals surface area contributed by atoms with E-state index < -0.39 is 0 Å². The van der Waals surface area contributed by atoms with Crippen LogP contribution in [-0.4, -0.2) is 27.5 Å². The third kappa shape index (κ3) is 2.87. The van der Waals surface area contributed by atoms with Gasteiger partial charge in [0.1, 0.15) is 5.75 Å². The van der Waals surface area contributed by atoms with Crippen LogP contribution in [0.5, 0.6) is 5.75 Å². The van der Waals surface area contributed by atoms with Crippen LogP contribution in [0.1, 0.15) is 48.7 Å². The Balaban J connectivity index is 1.62. The fourth-order valence-electron chi connectivity index (χ4n) is 4.15. The van der Waals surface area contributed by atoms with Crippen molar-refractivity contribution in [3.63, 3.8) is 0 Å². The summed E-state index contributed by atoms with van der Waals surface area (Å²) in [5.74, 6) is 0.171. The maximum Gasteiger partial charge on any atom is 0.251 e. The summed E-state index contributed by atoms with van der Waals surface area (Å²) >= 11 is 0. The number of aromatic amines is 1. The van der Waals surface area contributed by atoms with Gasteiger partial charge >= 0.3 is 0 Å². The highest BCUT2D eigenvalue weighted by atomic mass is 16.3. The molecule has 0 fully saturated rings. The van der Waals surface area contributed by atoms with E-state index in [-0.39, 0.29) is 22.5 Å². The monoisotopic (exact) mass is 363 g/mol. The average Bonchev–Trinajstić information content (AvgIpc) is 3.11. The highest BCUT2D eigenvalue weighted by Crippen LogP contribution is 2.50. The van der Waals surface area contributed by atoms with Gasteiger partial charge in [-0.3, -0.25) is 4.79 Å². The Hall–Kier alpha value is -2.82. The van der Waals surface area contributed by atoms with Crippen molar-refractivity contribution in [1.82, 2.24) is 15.3 Å². The predicted octanol–water partition coefficient (Wildman–Crippen LogP) is 3.93. The number of carbonyl (C=O) groups excluding carboxylic acids is 1. The van der Waals surface area contributed by atoms with Crippen molar-refractivity contribution in [2.24, 2.45) is 5.41 Å². The molecule has 27 heavy (non-hydrogen) atoms. The predicted molar refractivity (Wildman–Crippen MR) is 106 cm³/mol. The molecule has 1 atom stereocenters. The van der Waals surface area contributed by atoms with E-state index >= 15 is 0 Å².